The van der Waals surface area contributed by atoms with Crippen LogP contribution in [0.2, 0.25) is 0 Å². The Labute approximate surface area is 252 Å². The molecule has 0 saturated carbocycles. The molecule has 1 unspecified atom stereocenters. The Bertz CT molecular complexity index is 1300. The fraction of sp³-hybridized carbons (Fsp3) is 0.459. The molecule has 3 aromatic carbocycles. The Morgan fingerprint density at radius 2 is 1.52 bits per heavy atom. The van der Waals surface area contributed by atoms with Crippen LogP contribution in [0.3, 0.4) is 0 Å². The second kappa shape index (κ2) is 14.2. The van der Waals surface area contributed by atoms with E-state index < -0.39 is 5.60 Å². The topological polar surface area (TPSA) is 58.6 Å². The predicted octanol–water partition coefficient (Wildman–Crippen LogP) is 7.58. The third-order valence-electron chi connectivity index (χ3n) is 8.40. The van der Waals surface area contributed by atoms with Crippen LogP contribution in [0, 0.1) is 0 Å². The van der Waals surface area contributed by atoms with Crippen molar-refractivity contribution in [3.8, 4) is 11.1 Å². The van der Waals surface area contributed by atoms with E-state index >= 15 is 0 Å². The van der Waals surface area contributed by atoms with Gasteiger partial charge in [0.15, 0.2) is 0 Å². The minimum absolute atomic E-state index is 0.00406. The number of carbonyl (C=O) groups excluding carboxylic acids is 2. The zero-order chi connectivity index (χ0) is 30.2. The third-order valence-corrected chi connectivity index (χ3v) is 8.40. The number of esters is 1. The zero-order valence-corrected chi connectivity index (χ0v) is 26.1. The maximum atomic E-state index is 13.3. The van der Waals surface area contributed by atoms with Crippen LogP contribution in [0.5, 0.6) is 0 Å². The first-order valence-corrected chi connectivity index (χ1v) is 15.6. The molecule has 42 heavy (non-hydrogen) atoms. The molecule has 1 atom stereocenters. The fourth-order valence-corrected chi connectivity index (χ4v) is 5.98. The molecule has 1 aliphatic rings. The first-order chi connectivity index (χ1) is 20.1. The number of hydrogen-bond donors (Lipinski definition) is 1. The Kier molecular flexibility index (Phi) is 10.6. The molecule has 0 radical (unpaired) electrons. The van der Waals surface area contributed by atoms with Crippen molar-refractivity contribution in [2.24, 2.45) is 0 Å². The molecule has 5 heteroatoms. The molecule has 1 amide bonds. The highest BCUT2D eigenvalue weighted by molar-refractivity contribution is 6.01. The molecule has 4 rings (SSSR count). The number of benzene rings is 3. The van der Waals surface area contributed by atoms with Crippen molar-refractivity contribution in [3.05, 3.63) is 95.6 Å². The molecular formula is C37H48N2O3. The minimum Gasteiger partial charge on any atom is -0.460 e. The van der Waals surface area contributed by atoms with Gasteiger partial charge in [-0.2, -0.15) is 0 Å². The molecule has 1 aliphatic heterocycles. The third kappa shape index (κ3) is 8.78. The number of carbonyl (C=O) groups is 2. The van der Waals surface area contributed by atoms with Crippen LogP contribution in [-0.4, -0.2) is 48.1 Å². The van der Waals surface area contributed by atoms with Gasteiger partial charge < -0.3 is 15.0 Å². The quantitative estimate of drug-likeness (QED) is 0.242. The standard InChI is InChI=1S/C37H48N2O3/c1-6-28-17-19-29(20-18-28)32-15-10-11-16-33(32)35(41)38-31-21-25-39(26-22-31)24-12-23-37(5,30-13-8-7-9-14-30)27-34(40)42-36(2,3)4/h7-11,13-20,31H,6,12,21-27H2,1-5H3,(H,38,41). The van der Waals surface area contributed by atoms with E-state index in [-0.39, 0.29) is 23.3 Å². The van der Waals surface area contributed by atoms with Crippen molar-refractivity contribution in [2.45, 2.75) is 90.2 Å². The Hall–Kier alpha value is -3.44. The van der Waals surface area contributed by atoms with Crippen molar-refractivity contribution in [1.82, 2.24) is 10.2 Å². The molecule has 1 N–H and O–H groups in total. The summed E-state index contributed by atoms with van der Waals surface area (Å²) in [5, 5.41) is 3.31. The molecule has 5 nitrogen and oxygen atoms in total. The van der Waals surface area contributed by atoms with E-state index in [1.54, 1.807) is 0 Å². The van der Waals surface area contributed by atoms with Gasteiger partial charge in [-0.15, -0.1) is 0 Å². The van der Waals surface area contributed by atoms with Crippen LogP contribution < -0.4 is 5.32 Å². The number of hydrogen-bond acceptors (Lipinski definition) is 4. The van der Waals surface area contributed by atoms with Gasteiger partial charge in [0.2, 0.25) is 0 Å². The number of ether oxygens (including phenoxy) is 1. The van der Waals surface area contributed by atoms with Gasteiger partial charge in [-0.05, 0) is 87.7 Å². The van der Waals surface area contributed by atoms with Gasteiger partial charge in [0.1, 0.15) is 5.60 Å². The van der Waals surface area contributed by atoms with Gasteiger partial charge in [-0.1, -0.05) is 86.6 Å². The van der Waals surface area contributed by atoms with Gasteiger partial charge in [0.05, 0.1) is 6.42 Å². The van der Waals surface area contributed by atoms with E-state index in [0.717, 1.165) is 68.4 Å². The summed E-state index contributed by atoms with van der Waals surface area (Å²) in [6, 6.07) is 26.9. The second-order valence-electron chi connectivity index (χ2n) is 13.0. The van der Waals surface area contributed by atoms with Crippen LogP contribution in [-0.2, 0) is 21.4 Å². The molecule has 1 heterocycles. The average molecular weight is 569 g/mol. The van der Waals surface area contributed by atoms with E-state index in [1.807, 2.05) is 63.2 Å². The highest BCUT2D eigenvalue weighted by Gasteiger charge is 2.32. The summed E-state index contributed by atoms with van der Waals surface area (Å²) < 4.78 is 5.68. The van der Waals surface area contributed by atoms with Gasteiger partial charge in [0.25, 0.3) is 5.91 Å². The lowest BCUT2D eigenvalue weighted by atomic mass is 9.75. The molecule has 0 spiro atoms. The van der Waals surface area contributed by atoms with Crippen molar-refractivity contribution >= 4 is 11.9 Å². The minimum atomic E-state index is -0.489. The second-order valence-corrected chi connectivity index (χ2v) is 13.0. The first-order valence-electron chi connectivity index (χ1n) is 15.6. The fourth-order valence-electron chi connectivity index (χ4n) is 5.98. The molecule has 0 aliphatic carbocycles. The van der Waals surface area contributed by atoms with Crippen LogP contribution in [0.25, 0.3) is 11.1 Å². The SMILES string of the molecule is CCc1ccc(-c2ccccc2C(=O)NC2CCN(CCCC(C)(CC(=O)OC(C)(C)C)c3ccccc3)CC2)cc1. The Morgan fingerprint density at radius 3 is 2.17 bits per heavy atom. The predicted molar refractivity (Wildman–Crippen MR) is 172 cm³/mol. The lowest BCUT2D eigenvalue weighted by Crippen LogP contribution is -2.45. The van der Waals surface area contributed by atoms with E-state index in [1.165, 1.54) is 11.1 Å². The van der Waals surface area contributed by atoms with Gasteiger partial charge in [0, 0.05) is 30.1 Å². The first kappa shape index (κ1) is 31.5. The normalized spacial score (nSPS) is 16.0. The van der Waals surface area contributed by atoms with E-state index in [4.69, 9.17) is 4.74 Å². The summed E-state index contributed by atoms with van der Waals surface area (Å²) in [5.74, 6) is -0.144. The summed E-state index contributed by atoms with van der Waals surface area (Å²) in [4.78, 5) is 28.6. The number of piperidine rings is 1. The monoisotopic (exact) mass is 568 g/mol. The number of aryl methyl sites for hydroxylation is 1. The molecular weight excluding hydrogens is 520 g/mol. The van der Waals surface area contributed by atoms with Crippen molar-refractivity contribution in [2.75, 3.05) is 19.6 Å². The molecule has 1 saturated heterocycles. The summed E-state index contributed by atoms with van der Waals surface area (Å²) >= 11 is 0. The van der Waals surface area contributed by atoms with Crippen LogP contribution in [0.1, 0.15) is 88.2 Å². The maximum Gasteiger partial charge on any atom is 0.307 e. The lowest BCUT2D eigenvalue weighted by Gasteiger charge is -2.34. The van der Waals surface area contributed by atoms with Crippen molar-refractivity contribution in [3.63, 3.8) is 0 Å². The Balaban J connectivity index is 1.29. The van der Waals surface area contributed by atoms with E-state index in [2.05, 4.69) is 60.5 Å². The Morgan fingerprint density at radius 1 is 0.881 bits per heavy atom. The van der Waals surface area contributed by atoms with Gasteiger partial charge >= 0.3 is 5.97 Å². The zero-order valence-electron chi connectivity index (χ0n) is 26.1. The number of amides is 1. The summed E-state index contributed by atoms with van der Waals surface area (Å²) in [6.45, 7) is 13.0. The molecule has 1 fully saturated rings. The van der Waals surface area contributed by atoms with Crippen LogP contribution in [0.15, 0.2) is 78.9 Å². The largest absolute Gasteiger partial charge is 0.460 e. The number of nitrogens with one attached hydrogen (secondary N) is 1. The van der Waals surface area contributed by atoms with Crippen LogP contribution in [0.4, 0.5) is 0 Å². The smallest absolute Gasteiger partial charge is 0.307 e. The summed E-state index contributed by atoms with van der Waals surface area (Å²) in [7, 11) is 0. The van der Waals surface area contributed by atoms with E-state index in [9.17, 15) is 9.59 Å². The maximum absolute atomic E-state index is 13.3. The van der Waals surface area contributed by atoms with Gasteiger partial charge in [-0.25, -0.2) is 0 Å². The number of nitrogens with zero attached hydrogens (tertiary/aromatic N) is 1. The highest BCUT2D eigenvalue weighted by Crippen LogP contribution is 2.34. The van der Waals surface area contributed by atoms with Crippen molar-refractivity contribution in [1.29, 1.82) is 0 Å². The lowest BCUT2D eigenvalue weighted by molar-refractivity contribution is -0.156. The van der Waals surface area contributed by atoms with Crippen LogP contribution >= 0.6 is 0 Å². The van der Waals surface area contributed by atoms with Crippen molar-refractivity contribution < 1.29 is 14.3 Å². The van der Waals surface area contributed by atoms with Gasteiger partial charge in [-0.3, -0.25) is 9.59 Å². The molecule has 224 valence electrons. The van der Waals surface area contributed by atoms with E-state index in [0.29, 0.717) is 6.42 Å². The number of rotatable bonds is 11. The molecule has 3 aromatic rings. The summed E-state index contributed by atoms with van der Waals surface area (Å²) in [6.07, 6.45) is 5.14. The molecule has 0 aromatic heterocycles. The molecule has 0 bridgehead atoms. The number of likely N-dealkylation sites (tertiary alicyclic amines) is 1. The highest BCUT2D eigenvalue weighted by atomic mass is 16.6. The summed E-state index contributed by atoms with van der Waals surface area (Å²) in [5.41, 5.74) is 4.48. The average Bonchev–Trinajstić information content (AvgIpc) is 2.97.